The van der Waals surface area contributed by atoms with Gasteiger partial charge in [0, 0.05) is 12.3 Å². The molecule has 0 bridgehead atoms. The van der Waals surface area contributed by atoms with Crippen LogP contribution in [0.4, 0.5) is 0 Å². The molecule has 0 aliphatic rings. The molecule has 0 aromatic carbocycles. The van der Waals surface area contributed by atoms with Gasteiger partial charge in [0.25, 0.3) is 0 Å². The van der Waals surface area contributed by atoms with Crippen LogP contribution in [0.1, 0.15) is 6.92 Å². The van der Waals surface area contributed by atoms with Gasteiger partial charge in [0.15, 0.2) is 9.84 Å². The minimum atomic E-state index is -2.82. The topological polar surface area (TPSA) is 72.2 Å². The summed E-state index contributed by atoms with van der Waals surface area (Å²) in [6.45, 7) is 1.95. The van der Waals surface area contributed by atoms with Gasteiger partial charge in [0.05, 0.1) is 5.75 Å². The van der Waals surface area contributed by atoms with Gasteiger partial charge in [-0.25, -0.2) is 8.42 Å². The predicted molar refractivity (Wildman–Crippen MR) is 43.8 cm³/mol. The van der Waals surface area contributed by atoms with Gasteiger partial charge in [0.2, 0.25) is 0 Å². The standard InChI is InChI=1S/C4H12N2O2S.ClH/c1-2-9(7,8)4-3-6-5;/h6H,2-5H2,1H3;1H. The molecule has 0 spiro atoms. The van der Waals surface area contributed by atoms with Gasteiger partial charge >= 0.3 is 0 Å². The zero-order valence-electron chi connectivity index (χ0n) is 5.83. The molecule has 0 atom stereocenters. The fourth-order valence-electron chi connectivity index (χ4n) is 0.359. The first-order valence-electron chi connectivity index (χ1n) is 2.76. The van der Waals surface area contributed by atoms with Crippen LogP contribution in [0.3, 0.4) is 0 Å². The maximum absolute atomic E-state index is 10.7. The van der Waals surface area contributed by atoms with Crippen molar-refractivity contribution in [2.45, 2.75) is 6.92 Å². The lowest BCUT2D eigenvalue weighted by atomic mass is 10.8. The Kier molecular flexibility index (Phi) is 7.56. The van der Waals surface area contributed by atoms with Crippen LogP contribution in [0.15, 0.2) is 0 Å². The monoisotopic (exact) mass is 188 g/mol. The van der Waals surface area contributed by atoms with Crippen molar-refractivity contribution >= 4 is 22.2 Å². The van der Waals surface area contributed by atoms with Crippen LogP contribution in [0.5, 0.6) is 0 Å². The van der Waals surface area contributed by atoms with Crippen LogP contribution in [0.25, 0.3) is 0 Å². The van der Waals surface area contributed by atoms with Gasteiger partial charge in [-0.1, -0.05) is 6.92 Å². The molecule has 0 rings (SSSR count). The third-order valence-electron chi connectivity index (χ3n) is 0.997. The normalized spacial score (nSPS) is 10.6. The quantitative estimate of drug-likeness (QED) is 0.453. The average Bonchev–Trinajstić information content (AvgIpc) is 1.84. The molecule has 6 heteroatoms. The molecule has 64 valence electrons. The largest absolute Gasteiger partial charge is 0.271 e. The summed E-state index contributed by atoms with van der Waals surface area (Å²) in [5.41, 5.74) is 2.28. The minimum absolute atomic E-state index is 0. The Morgan fingerprint density at radius 3 is 2.30 bits per heavy atom. The van der Waals surface area contributed by atoms with Gasteiger partial charge < -0.3 is 0 Å². The molecule has 10 heavy (non-hydrogen) atoms. The summed E-state index contributed by atoms with van der Waals surface area (Å²) in [6.07, 6.45) is 0. The van der Waals surface area contributed by atoms with Crippen molar-refractivity contribution in [2.75, 3.05) is 18.1 Å². The Morgan fingerprint density at radius 2 is 2.00 bits per heavy atom. The van der Waals surface area contributed by atoms with Crippen LogP contribution in [0.2, 0.25) is 0 Å². The molecule has 0 aliphatic heterocycles. The van der Waals surface area contributed by atoms with E-state index in [1.54, 1.807) is 6.92 Å². The molecule has 0 heterocycles. The molecule has 0 aliphatic carbocycles. The first kappa shape index (κ1) is 12.8. The second-order valence-corrected chi connectivity index (χ2v) is 4.16. The summed E-state index contributed by atoms with van der Waals surface area (Å²) in [4.78, 5) is 0. The van der Waals surface area contributed by atoms with Crippen LogP contribution < -0.4 is 11.3 Å². The summed E-state index contributed by atoms with van der Waals surface area (Å²) < 4.78 is 21.3. The molecule has 0 fully saturated rings. The zero-order valence-corrected chi connectivity index (χ0v) is 7.46. The van der Waals surface area contributed by atoms with E-state index in [4.69, 9.17) is 5.84 Å². The average molecular weight is 189 g/mol. The number of rotatable bonds is 4. The lowest BCUT2D eigenvalue weighted by Gasteiger charge is -1.97. The minimum Gasteiger partial charge on any atom is -0.271 e. The van der Waals surface area contributed by atoms with Gasteiger partial charge in [-0.15, -0.1) is 12.4 Å². The Labute approximate surface area is 67.5 Å². The molecule has 0 aromatic rings. The van der Waals surface area contributed by atoms with Crippen molar-refractivity contribution in [3.05, 3.63) is 0 Å². The molecule has 3 N–H and O–H groups in total. The number of hydrogen-bond acceptors (Lipinski definition) is 4. The van der Waals surface area contributed by atoms with E-state index in [2.05, 4.69) is 5.43 Å². The summed E-state index contributed by atoms with van der Waals surface area (Å²) in [5, 5.41) is 0. The fourth-order valence-corrected chi connectivity index (χ4v) is 1.08. The highest BCUT2D eigenvalue weighted by molar-refractivity contribution is 7.91. The van der Waals surface area contributed by atoms with Gasteiger partial charge in [0.1, 0.15) is 0 Å². The number of halogens is 1. The van der Waals surface area contributed by atoms with E-state index in [0.29, 0.717) is 6.54 Å². The molecule has 0 saturated heterocycles. The van der Waals surface area contributed by atoms with E-state index in [-0.39, 0.29) is 23.9 Å². The molecule has 0 unspecified atom stereocenters. The zero-order chi connectivity index (χ0) is 7.33. The third kappa shape index (κ3) is 6.28. The number of nitrogens with two attached hydrogens (primary N) is 1. The van der Waals surface area contributed by atoms with Crippen LogP contribution >= 0.6 is 12.4 Å². The predicted octanol–water partition coefficient (Wildman–Crippen LogP) is -0.694. The molecule has 0 amide bonds. The number of sulfone groups is 1. The maximum atomic E-state index is 10.7. The second kappa shape index (κ2) is 5.91. The van der Waals surface area contributed by atoms with Gasteiger partial charge in [-0.3, -0.25) is 11.3 Å². The third-order valence-corrected chi connectivity index (χ3v) is 2.70. The first-order chi connectivity index (χ1) is 4.12. The van der Waals surface area contributed by atoms with Gasteiger partial charge in [-0.05, 0) is 0 Å². The number of hydrazine groups is 1. The van der Waals surface area contributed by atoms with Crippen molar-refractivity contribution in [3.8, 4) is 0 Å². The van der Waals surface area contributed by atoms with Crippen molar-refractivity contribution in [1.82, 2.24) is 5.43 Å². The Morgan fingerprint density at radius 1 is 1.50 bits per heavy atom. The first-order valence-corrected chi connectivity index (χ1v) is 4.58. The van der Waals surface area contributed by atoms with Crippen LogP contribution in [0, 0.1) is 0 Å². The SMILES string of the molecule is CCS(=O)(=O)CCNN.Cl. The van der Waals surface area contributed by atoms with E-state index in [1.807, 2.05) is 0 Å². The second-order valence-electron chi connectivity index (χ2n) is 1.69. The van der Waals surface area contributed by atoms with Gasteiger partial charge in [-0.2, -0.15) is 0 Å². The highest BCUT2D eigenvalue weighted by Gasteiger charge is 2.04. The molecular formula is C4H13ClN2O2S. The van der Waals surface area contributed by atoms with E-state index < -0.39 is 9.84 Å². The highest BCUT2D eigenvalue weighted by Crippen LogP contribution is 1.85. The summed E-state index contributed by atoms with van der Waals surface area (Å²) in [6, 6.07) is 0. The number of nitrogens with one attached hydrogen (secondary N) is 1. The van der Waals surface area contributed by atoms with Crippen LogP contribution in [-0.2, 0) is 9.84 Å². The maximum Gasteiger partial charge on any atom is 0.151 e. The molecule has 0 saturated carbocycles. The van der Waals surface area contributed by atoms with Crippen molar-refractivity contribution in [2.24, 2.45) is 5.84 Å². The smallest absolute Gasteiger partial charge is 0.151 e. The summed E-state index contributed by atoms with van der Waals surface area (Å²) >= 11 is 0. The Balaban J connectivity index is 0. The summed E-state index contributed by atoms with van der Waals surface area (Å²) in [5.74, 6) is 5.19. The van der Waals surface area contributed by atoms with E-state index in [1.165, 1.54) is 0 Å². The van der Waals surface area contributed by atoms with E-state index in [9.17, 15) is 8.42 Å². The Bertz CT molecular complexity index is 157. The van der Waals surface area contributed by atoms with Crippen molar-refractivity contribution < 1.29 is 8.42 Å². The van der Waals surface area contributed by atoms with Crippen molar-refractivity contribution in [3.63, 3.8) is 0 Å². The highest BCUT2D eigenvalue weighted by atomic mass is 35.5. The van der Waals surface area contributed by atoms with E-state index in [0.717, 1.165) is 0 Å². The molecular weight excluding hydrogens is 176 g/mol. The van der Waals surface area contributed by atoms with E-state index >= 15 is 0 Å². The van der Waals surface area contributed by atoms with Crippen molar-refractivity contribution in [1.29, 1.82) is 0 Å². The lowest BCUT2D eigenvalue weighted by molar-refractivity contribution is 0.593. The van der Waals surface area contributed by atoms with Crippen LogP contribution in [-0.4, -0.2) is 26.5 Å². The molecule has 4 nitrogen and oxygen atoms in total. The molecule has 0 radical (unpaired) electrons. The molecule has 0 aromatic heterocycles. The summed E-state index contributed by atoms with van der Waals surface area (Å²) in [7, 11) is -2.82. The lowest BCUT2D eigenvalue weighted by Crippen LogP contribution is -2.29. The fraction of sp³-hybridized carbons (Fsp3) is 1.00. The number of hydrogen-bond donors (Lipinski definition) is 2. The Hall–Kier alpha value is 0.160.